The van der Waals surface area contributed by atoms with Crippen molar-refractivity contribution in [3.05, 3.63) is 40.6 Å². The molecule has 35 heavy (non-hydrogen) atoms. The molecule has 0 radical (unpaired) electrons. The number of alkyl halides is 3. The normalized spacial score (nSPS) is 13.0. The Morgan fingerprint density at radius 2 is 1.89 bits per heavy atom. The highest BCUT2D eigenvalue weighted by molar-refractivity contribution is 5.53. The van der Waals surface area contributed by atoms with Crippen LogP contribution < -0.4 is 11.1 Å². The van der Waals surface area contributed by atoms with E-state index in [9.17, 15) is 23.4 Å². The molecule has 0 unspecified atom stereocenters. The van der Waals surface area contributed by atoms with Gasteiger partial charge >= 0.3 is 6.18 Å². The molecule has 0 aliphatic rings. The van der Waals surface area contributed by atoms with Crippen molar-refractivity contribution in [2.75, 3.05) is 30.7 Å². The molecule has 0 spiro atoms. The number of aromatic nitrogens is 2. The van der Waals surface area contributed by atoms with Crippen molar-refractivity contribution < 1.29 is 33.6 Å². The molecule has 2 aromatic rings. The number of aryl methyl sites for hydroxylation is 1. The fraction of sp³-hybridized carbons (Fsp3) is 0.565. The standard InChI is InChI=1S/C23H34F3N5O4/c1-3-4-17(7-8-32)29-21-18(14(2)28-22(27)30-21)10-16-6-5-15(9-19(16)33)11-31(12-20(34)35)13-23(24,25)26/h5-6,9,17,20,32-35H,3-4,7-8,10-13H2,1-2H3,(H3,27,28,29,30)/t17-/m0/s1. The molecule has 0 amide bonds. The molecule has 2 rings (SSSR count). The Labute approximate surface area is 202 Å². The first kappa shape index (κ1) is 28.6. The van der Waals surface area contributed by atoms with Crippen LogP contribution in [-0.4, -0.2) is 73.5 Å². The number of halogens is 3. The van der Waals surface area contributed by atoms with E-state index in [1.165, 1.54) is 6.07 Å². The fourth-order valence-electron chi connectivity index (χ4n) is 3.91. The Bertz CT molecular complexity index is 953. The molecular weight excluding hydrogens is 467 g/mol. The number of phenolic OH excluding ortho intramolecular Hbond substituents is 1. The van der Waals surface area contributed by atoms with Crippen molar-refractivity contribution in [2.45, 2.75) is 64.6 Å². The van der Waals surface area contributed by atoms with E-state index in [1.54, 1.807) is 19.1 Å². The van der Waals surface area contributed by atoms with Crippen LogP contribution in [0.3, 0.4) is 0 Å². The van der Waals surface area contributed by atoms with Gasteiger partial charge < -0.3 is 31.5 Å². The van der Waals surface area contributed by atoms with E-state index in [0.29, 0.717) is 34.6 Å². The van der Waals surface area contributed by atoms with Gasteiger partial charge in [-0.05, 0) is 37.0 Å². The van der Waals surface area contributed by atoms with Gasteiger partial charge in [-0.25, -0.2) is 4.98 Å². The van der Waals surface area contributed by atoms with Crippen LogP contribution in [0.5, 0.6) is 5.75 Å². The number of hydrogen-bond donors (Lipinski definition) is 6. The van der Waals surface area contributed by atoms with Gasteiger partial charge in [-0.1, -0.05) is 25.5 Å². The highest BCUT2D eigenvalue weighted by Gasteiger charge is 2.31. The smallest absolute Gasteiger partial charge is 0.401 e. The third-order valence-corrected chi connectivity index (χ3v) is 5.43. The quantitative estimate of drug-likeness (QED) is 0.227. The second kappa shape index (κ2) is 12.9. The van der Waals surface area contributed by atoms with Crippen LogP contribution in [-0.2, 0) is 13.0 Å². The van der Waals surface area contributed by atoms with Crippen LogP contribution in [0.2, 0.25) is 0 Å². The summed E-state index contributed by atoms with van der Waals surface area (Å²) in [6.07, 6.45) is -3.98. The van der Waals surface area contributed by atoms with Gasteiger partial charge in [0.25, 0.3) is 0 Å². The van der Waals surface area contributed by atoms with Gasteiger partial charge in [0, 0.05) is 43.4 Å². The van der Waals surface area contributed by atoms with E-state index in [2.05, 4.69) is 15.3 Å². The van der Waals surface area contributed by atoms with Gasteiger partial charge in [-0.15, -0.1) is 0 Å². The SMILES string of the molecule is CCC[C@@H](CCO)Nc1nc(N)nc(C)c1Cc1ccc(CN(CC(O)O)CC(F)(F)F)cc1O. The molecule has 0 saturated carbocycles. The molecule has 0 bridgehead atoms. The van der Waals surface area contributed by atoms with E-state index >= 15 is 0 Å². The highest BCUT2D eigenvalue weighted by Crippen LogP contribution is 2.28. The van der Waals surface area contributed by atoms with Crippen molar-refractivity contribution in [1.29, 1.82) is 0 Å². The average molecular weight is 502 g/mol. The number of benzene rings is 1. The van der Waals surface area contributed by atoms with Gasteiger partial charge in [-0.2, -0.15) is 18.2 Å². The highest BCUT2D eigenvalue weighted by atomic mass is 19.4. The predicted molar refractivity (Wildman–Crippen MR) is 126 cm³/mol. The lowest BCUT2D eigenvalue weighted by atomic mass is 10.0. The summed E-state index contributed by atoms with van der Waals surface area (Å²) in [5.74, 6) is 0.462. The third-order valence-electron chi connectivity index (χ3n) is 5.43. The maximum absolute atomic E-state index is 12.8. The topological polar surface area (TPSA) is 148 Å². The lowest BCUT2D eigenvalue weighted by Gasteiger charge is -2.24. The van der Waals surface area contributed by atoms with Crippen LogP contribution >= 0.6 is 0 Å². The van der Waals surface area contributed by atoms with E-state index in [4.69, 9.17) is 15.9 Å². The maximum Gasteiger partial charge on any atom is 0.401 e. The summed E-state index contributed by atoms with van der Waals surface area (Å²) in [6, 6.07) is 4.50. The second-order valence-corrected chi connectivity index (χ2v) is 8.54. The number of phenols is 1. The predicted octanol–water partition coefficient (Wildman–Crippen LogP) is 2.30. The second-order valence-electron chi connectivity index (χ2n) is 8.54. The zero-order chi connectivity index (χ0) is 26.2. The molecule has 7 N–H and O–H groups in total. The number of aromatic hydroxyl groups is 1. The molecule has 0 aliphatic heterocycles. The van der Waals surface area contributed by atoms with Crippen LogP contribution in [0, 0.1) is 6.92 Å². The lowest BCUT2D eigenvalue weighted by Crippen LogP contribution is -2.38. The zero-order valence-electron chi connectivity index (χ0n) is 19.9. The summed E-state index contributed by atoms with van der Waals surface area (Å²) >= 11 is 0. The van der Waals surface area contributed by atoms with Gasteiger partial charge in [0.2, 0.25) is 5.95 Å². The van der Waals surface area contributed by atoms with E-state index < -0.39 is 25.6 Å². The summed E-state index contributed by atoms with van der Waals surface area (Å²) < 4.78 is 38.5. The van der Waals surface area contributed by atoms with Crippen LogP contribution in [0.4, 0.5) is 24.9 Å². The van der Waals surface area contributed by atoms with Crippen molar-refractivity contribution in [2.24, 2.45) is 0 Å². The zero-order valence-corrected chi connectivity index (χ0v) is 19.9. The summed E-state index contributed by atoms with van der Waals surface area (Å²) in [4.78, 5) is 9.37. The number of nitrogens with one attached hydrogen (secondary N) is 1. The molecular formula is C23H34F3N5O4. The molecule has 0 aliphatic carbocycles. The first-order valence-electron chi connectivity index (χ1n) is 11.4. The van der Waals surface area contributed by atoms with Crippen molar-refractivity contribution in [3.63, 3.8) is 0 Å². The number of nitrogens with zero attached hydrogens (tertiary/aromatic N) is 3. The van der Waals surface area contributed by atoms with E-state index in [1.807, 2.05) is 6.92 Å². The Kier molecular flexibility index (Phi) is 10.5. The summed E-state index contributed by atoms with van der Waals surface area (Å²) in [5, 5.41) is 41.5. The van der Waals surface area contributed by atoms with Crippen molar-refractivity contribution >= 4 is 11.8 Å². The van der Waals surface area contributed by atoms with Crippen LogP contribution in [0.1, 0.15) is 48.6 Å². The molecule has 1 heterocycles. The average Bonchev–Trinajstić information content (AvgIpc) is 2.70. The maximum atomic E-state index is 12.8. The molecule has 0 fully saturated rings. The third kappa shape index (κ3) is 9.48. The lowest BCUT2D eigenvalue weighted by molar-refractivity contribution is -0.157. The molecule has 1 atom stereocenters. The van der Waals surface area contributed by atoms with Crippen molar-refractivity contribution in [1.82, 2.24) is 14.9 Å². The van der Waals surface area contributed by atoms with Gasteiger partial charge in [0.15, 0.2) is 6.29 Å². The van der Waals surface area contributed by atoms with E-state index in [0.717, 1.165) is 17.7 Å². The summed E-state index contributed by atoms with van der Waals surface area (Å²) in [7, 11) is 0. The fourth-order valence-corrected chi connectivity index (χ4v) is 3.91. The molecule has 0 saturated heterocycles. The van der Waals surface area contributed by atoms with Crippen molar-refractivity contribution in [3.8, 4) is 5.75 Å². The van der Waals surface area contributed by atoms with Gasteiger partial charge in [-0.3, -0.25) is 4.90 Å². The number of rotatable bonds is 13. The molecule has 196 valence electrons. The number of aliphatic hydroxyl groups is 3. The molecule has 1 aromatic carbocycles. The first-order valence-corrected chi connectivity index (χ1v) is 11.4. The minimum absolute atomic E-state index is 0.00740. The largest absolute Gasteiger partial charge is 0.508 e. The molecule has 9 nitrogen and oxygen atoms in total. The first-order chi connectivity index (χ1) is 16.4. The minimum Gasteiger partial charge on any atom is -0.508 e. The Morgan fingerprint density at radius 3 is 2.46 bits per heavy atom. The van der Waals surface area contributed by atoms with Crippen LogP contribution in [0.25, 0.3) is 0 Å². The van der Waals surface area contributed by atoms with Crippen LogP contribution in [0.15, 0.2) is 18.2 Å². The minimum atomic E-state index is -4.52. The Balaban J connectivity index is 2.27. The number of nitrogens with two attached hydrogens (primary N) is 1. The van der Waals surface area contributed by atoms with Gasteiger partial charge in [0.05, 0.1) is 6.54 Å². The molecule has 1 aromatic heterocycles. The number of anilines is 2. The molecule has 12 heteroatoms. The summed E-state index contributed by atoms with van der Waals surface area (Å²) in [5.41, 5.74) is 8.03. The van der Waals surface area contributed by atoms with E-state index in [-0.39, 0.29) is 37.3 Å². The Hall–Kier alpha value is -2.67. The number of aliphatic hydroxyl groups excluding tert-OH is 2. The monoisotopic (exact) mass is 501 g/mol. The Morgan fingerprint density at radius 1 is 1.17 bits per heavy atom. The number of nitrogen functional groups attached to an aromatic ring is 1. The summed E-state index contributed by atoms with van der Waals surface area (Å²) in [6.45, 7) is 1.65. The number of hydrogen-bond acceptors (Lipinski definition) is 9. The van der Waals surface area contributed by atoms with Gasteiger partial charge in [0.1, 0.15) is 11.6 Å².